The Balaban J connectivity index is 2.36. The number of rotatable bonds is 5. The highest BCUT2D eigenvalue weighted by Gasteiger charge is 2.16. The first-order chi connectivity index (χ1) is 9.28. The highest BCUT2D eigenvalue weighted by molar-refractivity contribution is 5.73. The molecule has 1 aromatic heterocycles. The molecule has 112 valence electrons. The van der Waals surface area contributed by atoms with Crippen molar-refractivity contribution in [3.8, 4) is 0 Å². The monoisotopic (exact) mass is 282 g/mol. The molecule has 20 heavy (non-hydrogen) atoms. The summed E-state index contributed by atoms with van der Waals surface area (Å²) in [6.07, 6.45) is 1.08. The molecule has 0 bridgehead atoms. The van der Waals surface area contributed by atoms with Gasteiger partial charge in [-0.05, 0) is 32.9 Å². The van der Waals surface area contributed by atoms with E-state index >= 15 is 0 Å². The molecule has 0 spiro atoms. The van der Waals surface area contributed by atoms with Gasteiger partial charge in [-0.15, -0.1) is 0 Å². The smallest absolute Gasteiger partial charge is 0.407 e. The molecule has 0 saturated heterocycles. The molecule has 0 fully saturated rings. The molecule has 0 saturated carbocycles. The lowest BCUT2D eigenvalue weighted by Crippen LogP contribution is -2.39. The Morgan fingerprint density at radius 1 is 1.40 bits per heavy atom. The van der Waals surface area contributed by atoms with Crippen LogP contribution >= 0.6 is 0 Å². The summed E-state index contributed by atoms with van der Waals surface area (Å²) in [4.78, 5) is 24.6. The Kier molecular flexibility index (Phi) is 5.61. The summed E-state index contributed by atoms with van der Waals surface area (Å²) in [6.45, 7) is 7.99. The van der Waals surface area contributed by atoms with Crippen molar-refractivity contribution in [1.29, 1.82) is 0 Å². The molecule has 1 heterocycles. The van der Waals surface area contributed by atoms with Gasteiger partial charge in [0.25, 0.3) is 0 Å². The lowest BCUT2D eigenvalue weighted by Gasteiger charge is -2.22. The van der Waals surface area contributed by atoms with Crippen LogP contribution in [-0.2, 0) is 16.1 Å². The van der Waals surface area contributed by atoms with E-state index in [-0.39, 0.29) is 5.91 Å². The number of nitrogens with one attached hydrogen (secondary N) is 1. The zero-order valence-corrected chi connectivity index (χ0v) is 12.4. The highest BCUT2D eigenvalue weighted by atomic mass is 16.6. The van der Waals surface area contributed by atoms with Crippen LogP contribution in [-0.4, -0.2) is 35.6 Å². The van der Waals surface area contributed by atoms with Gasteiger partial charge in [-0.3, -0.25) is 4.79 Å². The van der Waals surface area contributed by atoms with Crippen molar-refractivity contribution in [3.05, 3.63) is 24.2 Å². The van der Waals surface area contributed by atoms with Crippen molar-refractivity contribution in [3.63, 3.8) is 0 Å². The standard InChI is InChI=1S/C14H22N2O4/c1-11(17)16(10-12-6-5-9-19-12)8-7-15-13(18)20-14(2,3)4/h5-6,9H,7-8,10H2,1-4H3,(H,15,18). The molecule has 1 aromatic rings. The molecule has 0 aliphatic heterocycles. The molecule has 6 heteroatoms. The third-order valence-electron chi connectivity index (χ3n) is 2.42. The number of alkyl carbamates (subject to hydrolysis) is 1. The number of hydrogen-bond donors (Lipinski definition) is 1. The number of furan rings is 1. The number of carbonyl (C=O) groups is 2. The van der Waals surface area contributed by atoms with Gasteiger partial charge in [-0.2, -0.15) is 0 Å². The van der Waals surface area contributed by atoms with Crippen LogP contribution in [0.1, 0.15) is 33.5 Å². The summed E-state index contributed by atoms with van der Waals surface area (Å²) >= 11 is 0. The average molecular weight is 282 g/mol. The molecular formula is C14H22N2O4. The lowest BCUT2D eigenvalue weighted by molar-refractivity contribution is -0.129. The first-order valence-corrected chi connectivity index (χ1v) is 6.52. The predicted octanol–water partition coefficient (Wildman–Crippen LogP) is 2.15. The van der Waals surface area contributed by atoms with Crippen LogP contribution in [0.2, 0.25) is 0 Å². The van der Waals surface area contributed by atoms with E-state index in [0.717, 1.165) is 0 Å². The van der Waals surface area contributed by atoms with Gasteiger partial charge in [0.2, 0.25) is 5.91 Å². The van der Waals surface area contributed by atoms with E-state index in [1.54, 1.807) is 44.1 Å². The lowest BCUT2D eigenvalue weighted by atomic mass is 10.2. The van der Waals surface area contributed by atoms with Crippen molar-refractivity contribution in [2.45, 2.75) is 39.8 Å². The third-order valence-corrected chi connectivity index (χ3v) is 2.42. The van der Waals surface area contributed by atoms with Gasteiger partial charge in [-0.25, -0.2) is 4.79 Å². The Labute approximate surface area is 119 Å². The SMILES string of the molecule is CC(=O)N(CCNC(=O)OC(C)(C)C)Cc1ccco1. The predicted molar refractivity (Wildman–Crippen MR) is 74.0 cm³/mol. The Morgan fingerprint density at radius 3 is 2.60 bits per heavy atom. The summed E-state index contributed by atoms with van der Waals surface area (Å²) in [7, 11) is 0. The Bertz CT molecular complexity index is 435. The molecule has 0 atom stereocenters. The maximum Gasteiger partial charge on any atom is 0.407 e. The van der Waals surface area contributed by atoms with Gasteiger partial charge in [0.1, 0.15) is 11.4 Å². The second kappa shape index (κ2) is 6.98. The Hall–Kier alpha value is -1.98. The minimum absolute atomic E-state index is 0.0765. The van der Waals surface area contributed by atoms with Crippen LogP contribution < -0.4 is 5.32 Å². The maximum atomic E-state index is 11.5. The molecular weight excluding hydrogens is 260 g/mol. The van der Waals surface area contributed by atoms with Crippen LogP contribution in [0.15, 0.2) is 22.8 Å². The van der Waals surface area contributed by atoms with Gasteiger partial charge in [0.05, 0.1) is 12.8 Å². The van der Waals surface area contributed by atoms with E-state index in [2.05, 4.69) is 5.32 Å². The molecule has 6 nitrogen and oxygen atoms in total. The normalized spacial score (nSPS) is 11.0. The number of carbonyl (C=O) groups excluding carboxylic acids is 2. The van der Waals surface area contributed by atoms with Gasteiger partial charge in [-0.1, -0.05) is 0 Å². The summed E-state index contributed by atoms with van der Waals surface area (Å²) in [5, 5.41) is 2.62. The van der Waals surface area contributed by atoms with E-state index in [0.29, 0.717) is 25.4 Å². The second-order valence-corrected chi connectivity index (χ2v) is 5.45. The second-order valence-electron chi connectivity index (χ2n) is 5.45. The minimum atomic E-state index is -0.529. The van der Waals surface area contributed by atoms with Crippen molar-refractivity contribution in [2.24, 2.45) is 0 Å². The quantitative estimate of drug-likeness (QED) is 0.898. The van der Waals surface area contributed by atoms with Crippen molar-refractivity contribution >= 4 is 12.0 Å². The zero-order valence-electron chi connectivity index (χ0n) is 12.4. The number of amides is 2. The van der Waals surface area contributed by atoms with E-state index in [1.807, 2.05) is 0 Å². The summed E-state index contributed by atoms with van der Waals surface area (Å²) in [5.41, 5.74) is -0.529. The fourth-order valence-corrected chi connectivity index (χ4v) is 1.55. The topological polar surface area (TPSA) is 71.8 Å². The van der Waals surface area contributed by atoms with Crippen LogP contribution in [0.25, 0.3) is 0 Å². The molecule has 0 radical (unpaired) electrons. The van der Waals surface area contributed by atoms with Gasteiger partial charge in [0.15, 0.2) is 0 Å². The fraction of sp³-hybridized carbons (Fsp3) is 0.571. The van der Waals surface area contributed by atoms with E-state index in [4.69, 9.17) is 9.15 Å². The molecule has 0 aliphatic carbocycles. The molecule has 0 aromatic carbocycles. The molecule has 2 amide bonds. The zero-order chi connectivity index (χ0) is 15.2. The number of hydrogen-bond acceptors (Lipinski definition) is 4. The first kappa shape index (κ1) is 16.1. The number of nitrogens with zero attached hydrogens (tertiary/aromatic N) is 1. The van der Waals surface area contributed by atoms with Crippen molar-refractivity contribution < 1.29 is 18.7 Å². The summed E-state index contributed by atoms with van der Waals surface area (Å²) in [5.74, 6) is 0.629. The van der Waals surface area contributed by atoms with E-state index in [9.17, 15) is 9.59 Å². The van der Waals surface area contributed by atoms with Gasteiger partial charge < -0.3 is 19.4 Å². The summed E-state index contributed by atoms with van der Waals surface area (Å²) in [6, 6.07) is 3.57. The minimum Gasteiger partial charge on any atom is -0.467 e. The average Bonchev–Trinajstić information content (AvgIpc) is 2.77. The third kappa shape index (κ3) is 6.26. The summed E-state index contributed by atoms with van der Waals surface area (Å²) < 4.78 is 10.3. The van der Waals surface area contributed by atoms with Crippen molar-refractivity contribution in [1.82, 2.24) is 10.2 Å². The molecule has 0 unspecified atom stereocenters. The van der Waals surface area contributed by atoms with Crippen LogP contribution in [0, 0.1) is 0 Å². The highest BCUT2D eigenvalue weighted by Crippen LogP contribution is 2.07. The maximum absolute atomic E-state index is 11.5. The van der Waals surface area contributed by atoms with Crippen LogP contribution in [0.3, 0.4) is 0 Å². The van der Waals surface area contributed by atoms with Crippen LogP contribution in [0.4, 0.5) is 4.79 Å². The van der Waals surface area contributed by atoms with Crippen molar-refractivity contribution in [2.75, 3.05) is 13.1 Å². The molecule has 0 aliphatic rings. The van der Waals surface area contributed by atoms with Gasteiger partial charge >= 0.3 is 6.09 Å². The molecule has 1 rings (SSSR count). The van der Waals surface area contributed by atoms with E-state index in [1.165, 1.54) is 6.92 Å². The van der Waals surface area contributed by atoms with E-state index < -0.39 is 11.7 Å². The molecule has 1 N–H and O–H groups in total. The van der Waals surface area contributed by atoms with Gasteiger partial charge in [0, 0.05) is 20.0 Å². The Morgan fingerprint density at radius 2 is 2.10 bits per heavy atom. The largest absolute Gasteiger partial charge is 0.467 e. The fourth-order valence-electron chi connectivity index (χ4n) is 1.55. The number of ether oxygens (including phenoxy) is 1. The van der Waals surface area contributed by atoms with Crippen LogP contribution in [0.5, 0.6) is 0 Å². The first-order valence-electron chi connectivity index (χ1n) is 6.52.